The maximum absolute atomic E-state index is 11.6. The second-order valence-corrected chi connectivity index (χ2v) is 3.45. The topological polar surface area (TPSA) is 68.3 Å². The van der Waals surface area contributed by atoms with Crippen LogP contribution in [0.5, 0.6) is 0 Å². The highest BCUT2D eigenvalue weighted by molar-refractivity contribution is 6.29. The fourth-order valence-electron chi connectivity index (χ4n) is 1.04. The summed E-state index contributed by atoms with van der Waals surface area (Å²) in [6, 6.07) is 3.94. The third kappa shape index (κ3) is 3.20. The molecular formula is C10H11ClN2O3. The Morgan fingerprint density at radius 1 is 1.50 bits per heavy atom. The molecule has 0 fully saturated rings. The van der Waals surface area contributed by atoms with E-state index in [0.717, 1.165) is 0 Å². The number of nitrogens with zero attached hydrogens (tertiary/aromatic N) is 1. The molecule has 0 spiro atoms. The van der Waals surface area contributed by atoms with Crippen molar-refractivity contribution in [3.8, 4) is 0 Å². The van der Waals surface area contributed by atoms with Crippen LogP contribution in [0.1, 0.15) is 17.4 Å². The van der Waals surface area contributed by atoms with Crippen LogP contribution in [-0.4, -0.2) is 30.0 Å². The number of halogens is 1. The van der Waals surface area contributed by atoms with E-state index in [4.69, 9.17) is 11.6 Å². The lowest BCUT2D eigenvalue weighted by Gasteiger charge is -2.10. The van der Waals surface area contributed by atoms with Gasteiger partial charge in [0.25, 0.3) is 5.91 Å². The van der Waals surface area contributed by atoms with Crippen molar-refractivity contribution in [1.82, 2.24) is 10.3 Å². The first-order chi connectivity index (χ1) is 7.54. The SMILES string of the molecule is COC(=O)C(C)NC(=O)c1cccc(Cl)n1. The number of esters is 1. The third-order valence-electron chi connectivity index (χ3n) is 1.85. The van der Waals surface area contributed by atoms with E-state index in [-0.39, 0.29) is 10.8 Å². The highest BCUT2D eigenvalue weighted by Gasteiger charge is 2.17. The van der Waals surface area contributed by atoms with Crippen LogP contribution in [0.2, 0.25) is 5.15 Å². The molecule has 0 radical (unpaired) electrons. The Balaban J connectivity index is 2.69. The zero-order valence-electron chi connectivity index (χ0n) is 8.86. The molecule has 0 aliphatic carbocycles. The molecule has 0 bridgehead atoms. The molecule has 5 nitrogen and oxygen atoms in total. The predicted octanol–water partition coefficient (Wildman–Crippen LogP) is 1.03. The monoisotopic (exact) mass is 242 g/mol. The van der Waals surface area contributed by atoms with Crippen LogP contribution in [0.15, 0.2) is 18.2 Å². The second-order valence-electron chi connectivity index (χ2n) is 3.06. The van der Waals surface area contributed by atoms with Crippen LogP contribution in [0.4, 0.5) is 0 Å². The Kier molecular flexibility index (Phi) is 4.25. The Labute approximate surface area is 97.8 Å². The van der Waals surface area contributed by atoms with E-state index in [2.05, 4.69) is 15.0 Å². The molecule has 6 heteroatoms. The number of rotatable bonds is 3. The van der Waals surface area contributed by atoms with Gasteiger partial charge in [0.05, 0.1) is 7.11 Å². The van der Waals surface area contributed by atoms with E-state index in [0.29, 0.717) is 0 Å². The number of hydrogen-bond donors (Lipinski definition) is 1. The maximum Gasteiger partial charge on any atom is 0.328 e. The standard InChI is InChI=1S/C10H11ClN2O3/c1-6(10(15)16-2)12-9(14)7-4-3-5-8(11)13-7/h3-6H,1-2H3,(H,12,14). The van der Waals surface area contributed by atoms with Gasteiger partial charge in [0.15, 0.2) is 0 Å². The van der Waals surface area contributed by atoms with Crippen molar-refractivity contribution < 1.29 is 14.3 Å². The number of carbonyl (C=O) groups excluding carboxylic acids is 2. The molecule has 1 N–H and O–H groups in total. The van der Waals surface area contributed by atoms with E-state index in [1.165, 1.54) is 20.1 Å². The molecule has 0 aliphatic heterocycles. The summed E-state index contributed by atoms with van der Waals surface area (Å²) in [4.78, 5) is 26.5. The number of amides is 1. The molecule has 86 valence electrons. The van der Waals surface area contributed by atoms with E-state index in [1.807, 2.05) is 0 Å². The fraction of sp³-hybridized carbons (Fsp3) is 0.300. The van der Waals surface area contributed by atoms with Crippen molar-refractivity contribution in [2.24, 2.45) is 0 Å². The number of ether oxygens (including phenoxy) is 1. The van der Waals surface area contributed by atoms with E-state index >= 15 is 0 Å². The summed E-state index contributed by atoms with van der Waals surface area (Å²) in [6.07, 6.45) is 0. The first-order valence-corrected chi connectivity index (χ1v) is 4.93. The fourth-order valence-corrected chi connectivity index (χ4v) is 1.20. The van der Waals surface area contributed by atoms with Crippen molar-refractivity contribution in [2.45, 2.75) is 13.0 Å². The van der Waals surface area contributed by atoms with E-state index < -0.39 is 17.9 Å². The number of methoxy groups -OCH3 is 1. The quantitative estimate of drug-likeness (QED) is 0.635. The zero-order chi connectivity index (χ0) is 12.1. The van der Waals surface area contributed by atoms with Crippen molar-refractivity contribution in [3.63, 3.8) is 0 Å². The largest absolute Gasteiger partial charge is 0.467 e. The van der Waals surface area contributed by atoms with Gasteiger partial charge in [0.2, 0.25) is 0 Å². The van der Waals surface area contributed by atoms with Crippen molar-refractivity contribution in [1.29, 1.82) is 0 Å². The molecule has 1 heterocycles. The highest BCUT2D eigenvalue weighted by atomic mass is 35.5. The van der Waals surface area contributed by atoms with Gasteiger partial charge < -0.3 is 10.1 Å². The number of pyridine rings is 1. The van der Waals surface area contributed by atoms with E-state index in [1.54, 1.807) is 12.1 Å². The van der Waals surface area contributed by atoms with Gasteiger partial charge in [-0.05, 0) is 19.1 Å². The number of hydrogen-bond acceptors (Lipinski definition) is 4. The molecule has 1 aromatic heterocycles. The van der Waals surface area contributed by atoms with Gasteiger partial charge in [0, 0.05) is 0 Å². The minimum Gasteiger partial charge on any atom is -0.467 e. The van der Waals surface area contributed by atoms with Crippen molar-refractivity contribution in [3.05, 3.63) is 29.0 Å². The van der Waals surface area contributed by atoms with Gasteiger partial charge in [0.1, 0.15) is 16.9 Å². The summed E-state index contributed by atoms with van der Waals surface area (Å²) in [5.74, 6) is -0.990. The number of carbonyl (C=O) groups is 2. The van der Waals surface area contributed by atoms with Crippen LogP contribution >= 0.6 is 11.6 Å². The van der Waals surface area contributed by atoms with Crippen LogP contribution in [-0.2, 0) is 9.53 Å². The van der Waals surface area contributed by atoms with Crippen LogP contribution < -0.4 is 5.32 Å². The van der Waals surface area contributed by atoms with Gasteiger partial charge in [-0.2, -0.15) is 0 Å². The molecule has 16 heavy (non-hydrogen) atoms. The Bertz CT molecular complexity index is 409. The second kappa shape index (κ2) is 5.46. The first kappa shape index (κ1) is 12.4. The summed E-state index contributed by atoms with van der Waals surface area (Å²) >= 11 is 5.63. The smallest absolute Gasteiger partial charge is 0.328 e. The zero-order valence-corrected chi connectivity index (χ0v) is 9.62. The molecule has 0 saturated heterocycles. The van der Waals surface area contributed by atoms with Gasteiger partial charge in [-0.15, -0.1) is 0 Å². The first-order valence-electron chi connectivity index (χ1n) is 4.56. The predicted molar refractivity (Wildman–Crippen MR) is 58.2 cm³/mol. The van der Waals surface area contributed by atoms with Crippen molar-refractivity contribution >= 4 is 23.5 Å². The average molecular weight is 243 g/mol. The number of nitrogens with one attached hydrogen (secondary N) is 1. The summed E-state index contributed by atoms with van der Waals surface area (Å²) in [7, 11) is 1.25. The lowest BCUT2D eigenvalue weighted by Crippen LogP contribution is -2.39. The van der Waals surface area contributed by atoms with Crippen LogP contribution in [0.25, 0.3) is 0 Å². The molecule has 0 saturated carbocycles. The summed E-state index contributed by atoms with van der Waals surface area (Å²) in [5, 5.41) is 2.66. The summed E-state index contributed by atoms with van der Waals surface area (Å²) in [5.41, 5.74) is 0.156. The maximum atomic E-state index is 11.6. The van der Waals surface area contributed by atoms with Gasteiger partial charge in [-0.3, -0.25) is 4.79 Å². The highest BCUT2D eigenvalue weighted by Crippen LogP contribution is 2.05. The molecule has 1 amide bonds. The van der Waals surface area contributed by atoms with E-state index in [9.17, 15) is 9.59 Å². The molecule has 1 unspecified atom stereocenters. The molecule has 1 aromatic rings. The van der Waals surface area contributed by atoms with Crippen LogP contribution in [0, 0.1) is 0 Å². The molecule has 0 aromatic carbocycles. The summed E-state index contributed by atoms with van der Waals surface area (Å²) in [6.45, 7) is 1.52. The lowest BCUT2D eigenvalue weighted by molar-refractivity contribution is -0.142. The van der Waals surface area contributed by atoms with Gasteiger partial charge in [-0.25, -0.2) is 9.78 Å². The van der Waals surface area contributed by atoms with Crippen LogP contribution in [0.3, 0.4) is 0 Å². The lowest BCUT2D eigenvalue weighted by atomic mass is 10.3. The molecule has 0 aliphatic rings. The molecule has 1 rings (SSSR count). The molecular weight excluding hydrogens is 232 g/mol. The minimum absolute atomic E-state index is 0.156. The average Bonchev–Trinajstić information content (AvgIpc) is 2.27. The third-order valence-corrected chi connectivity index (χ3v) is 2.06. The Morgan fingerprint density at radius 3 is 2.75 bits per heavy atom. The molecule has 1 atom stereocenters. The normalized spacial score (nSPS) is 11.7. The van der Waals surface area contributed by atoms with Crippen molar-refractivity contribution in [2.75, 3.05) is 7.11 Å². The Hall–Kier alpha value is -1.62. The van der Waals surface area contributed by atoms with Gasteiger partial charge in [-0.1, -0.05) is 17.7 Å². The van der Waals surface area contributed by atoms with Gasteiger partial charge >= 0.3 is 5.97 Å². The number of aromatic nitrogens is 1. The Morgan fingerprint density at radius 2 is 2.19 bits per heavy atom. The minimum atomic E-state index is -0.724. The summed E-state index contributed by atoms with van der Waals surface area (Å²) < 4.78 is 4.47.